The number of carbonyl (C=O) groups excluding carboxylic acids is 1. The summed E-state index contributed by atoms with van der Waals surface area (Å²) in [7, 11) is 0. The van der Waals surface area contributed by atoms with Gasteiger partial charge in [-0.25, -0.2) is 0 Å². The largest absolute Gasteiger partial charge is 0.481 e. The predicted octanol–water partition coefficient (Wildman–Crippen LogP) is 2.18. The summed E-state index contributed by atoms with van der Waals surface area (Å²) in [5.74, 6) is -1.98. The van der Waals surface area contributed by atoms with Gasteiger partial charge in [-0.3, -0.25) is 19.4 Å². The summed E-state index contributed by atoms with van der Waals surface area (Å²) in [6.07, 6.45) is 0.532. The van der Waals surface area contributed by atoms with Gasteiger partial charge in [0.2, 0.25) is 0 Å². The van der Waals surface area contributed by atoms with Gasteiger partial charge in [-0.2, -0.15) is 0 Å². The van der Waals surface area contributed by atoms with E-state index in [2.05, 4.69) is 15.3 Å². The van der Waals surface area contributed by atoms with E-state index >= 15 is 0 Å². The number of aliphatic carboxylic acids is 1. The highest BCUT2D eigenvalue weighted by Crippen LogP contribution is 2.30. The number of nitrogens with two attached hydrogens (primary N) is 2. The Kier molecular flexibility index (Phi) is 8.77. The maximum Gasteiger partial charge on any atom is 0.305 e. The lowest BCUT2D eigenvalue weighted by atomic mass is 9.88. The number of nitrogens with zero attached hydrogens (tertiary/aromatic N) is 1. The zero-order chi connectivity index (χ0) is 25.2. The third kappa shape index (κ3) is 7.29. The van der Waals surface area contributed by atoms with Crippen molar-refractivity contribution in [1.82, 2.24) is 10.3 Å². The Bertz CT molecular complexity index is 1180. The summed E-state index contributed by atoms with van der Waals surface area (Å²) >= 11 is 0. The van der Waals surface area contributed by atoms with Gasteiger partial charge in [0.05, 0.1) is 6.42 Å². The smallest absolute Gasteiger partial charge is 0.305 e. The topological polar surface area (TPSA) is 164 Å². The minimum Gasteiger partial charge on any atom is -0.481 e. The molecule has 9 heteroatoms. The van der Waals surface area contributed by atoms with E-state index in [1.165, 1.54) is 6.07 Å². The number of aromatic amines is 1. The molecule has 1 atom stereocenters. The van der Waals surface area contributed by atoms with Crippen LogP contribution in [0.5, 0.6) is 0 Å². The number of aliphatic imine (C=N–C) groups is 1. The fourth-order valence-corrected chi connectivity index (χ4v) is 3.92. The minimum absolute atomic E-state index is 0.0558. The van der Waals surface area contributed by atoms with E-state index in [9.17, 15) is 19.5 Å². The van der Waals surface area contributed by atoms with Crippen molar-refractivity contribution in [2.75, 3.05) is 6.54 Å². The Morgan fingerprint density at radius 2 is 1.54 bits per heavy atom. The molecule has 0 saturated carbocycles. The number of carbonyl (C=O) groups is 2. The Balaban J connectivity index is 1.82. The van der Waals surface area contributed by atoms with Crippen molar-refractivity contribution in [3.05, 3.63) is 106 Å². The molecule has 0 aliphatic rings. The first-order valence-electron chi connectivity index (χ1n) is 11.3. The Labute approximate surface area is 202 Å². The second-order valence-electron chi connectivity index (χ2n) is 8.13. The molecule has 0 fully saturated rings. The molecule has 3 aromatic rings. The molecule has 1 heterocycles. The normalized spacial score (nSPS) is 11.6. The average molecular weight is 476 g/mol. The molecule has 9 nitrogen and oxygen atoms in total. The van der Waals surface area contributed by atoms with Gasteiger partial charge in [0.15, 0.2) is 5.96 Å². The second kappa shape index (κ2) is 12.2. The van der Waals surface area contributed by atoms with Gasteiger partial charge in [-0.15, -0.1) is 0 Å². The lowest BCUT2D eigenvalue weighted by Gasteiger charge is -2.19. The van der Waals surface area contributed by atoms with Crippen LogP contribution in [0.15, 0.2) is 82.6 Å². The lowest BCUT2D eigenvalue weighted by molar-refractivity contribution is -0.137. The SMILES string of the molecule is NC(N)=NCCC[C@@H](CC(=O)O)NC(=O)c1ccc(C(c2ccccc2)c2ccccc2)[nH]c1=O. The van der Waals surface area contributed by atoms with E-state index in [0.717, 1.165) is 11.1 Å². The fourth-order valence-electron chi connectivity index (χ4n) is 3.92. The minimum atomic E-state index is -1.06. The molecule has 35 heavy (non-hydrogen) atoms. The molecular weight excluding hydrogens is 446 g/mol. The third-order valence-electron chi connectivity index (χ3n) is 5.51. The van der Waals surface area contributed by atoms with Gasteiger partial charge < -0.3 is 26.9 Å². The number of nitrogens with one attached hydrogen (secondary N) is 2. The van der Waals surface area contributed by atoms with E-state index in [-0.39, 0.29) is 23.9 Å². The van der Waals surface area contributed by atoms with Crippen LogP contribution < -0.4 is 22.3 Å². The van der Waals surface area contributed by atoms with E-state index in [1.54, 1.807) is 6.07 Å². The molecule has 3 rings (SSSR count). The molecule has 7 N–H and O–H groups in total. The number of H-pyrrole nitrogens is 1. The maximum atomic E-state index is 12.9. The van der Waals surface area contributed by atoms with Crippen molar-refractivity contribution in [2.45, 2.75) is 31.2 Å². The first kappa shape index (κ1) is 25.2. The monoisotopic (exact) mass is 475 g/mol. The maximum absolute atomic E-state index is 12.9. The number of hydrogen-bond donors (Lipinski definition) is 5. The molecular formula is C26H29N5O4. The summed E-state index contributed by atoms with van der Waals surface area (Å²) in [6.45, 7) is 0.309. The number of amides is 1. The number of benzene rings is 2. The molecule has 1 aromatic heterocycles. The lowest BCUT2D eigenvalue weighted by Crippen LogP contribution is -2.39. The van der Waals surface area contributed by atoms with Crippen molar-refractivity contribution in [3.63, 3.8) is 0 Å². The first-order chi connectivity index (χ1) is 16.8. The highest BCUT2D eigenvalue weighted by molar-refractivity contribution is 5.94. The van der Waals surface area contributed by atoms with Crippen molar-refractivity contribution in [1.29, 1.82) is 0 Å². The van der Waals surface area contributed by atoms with Crippen LogP contribution in [0.3, 0.4) is 0 Å². The summed E-state index contributed by atoms with van der Waals surface area (Å²) in [5.41, 5.74) is 12.6. The predicted molar refractivity (Wildman–Crippen MR) is 134 cm³/mol. The molecule has 0 aliphatic heterocycles. The molecule has 0 unspecified atom stereocenters. The number of carboxylic acid groups (broad SMARTS) is 1. The highest BCUT2D eigenvalue weighted by Gasteiger charge is 2.21. The van der Waals surface area contributed by atoms with Crippen LogP contribution in [0.2, 0.25) is 0 Å². The van der Waals surface area contributed by atoms with Crippen LogP contribution in [0, 0.1) is 0 Å². The Morgan fingerprint density at radius 3 is 2.06 bits per heavy atom. The zero-order valence-electron chi connectivity index (χ0n) is 19.2. The third-order valence-corrected chi connectivity index (χ3v) is 5.51. The summed E-state index contributed by atoms with van der Waals surface area (Å²) < 4.78 is 0. The number of pyridine rings is 1. The van der Waals surface area contributed by atoms with Crippen LogP contribution in [0.1, 0.15) is 52.4 Å². The second-order valence-corrected chi connectivity index (χ2v) is 8.13. The Morgan fingerprint density at radius 1 is 0.943 bits per heavy atom. The standard InChI is InChI=1S/C26H29N5O4/c27-26(28)29-15-7-12-19(16-22(32)33)30-24(34)20-13-14-21(31-25(20)35)23(17-8-3-1-4-9-17)18-10-5-2-6-11-18/h1-6,8-11,13-14,19,23H,7,12,15-16H2,(H,30,34)(H,31,35)(H,32,33)(H4,27,28,29)/t19-/m0/s1. The van der Waals surface area contributed by atoms with Crippen molar-refractivity contribution >= 4 is 17.8 Å². The van der Waals surface area contributed by atoms with Crippen LogP contribution in [0.4, 0.5) is 0 Å². The Hall–Kier alpha value is -4.40. The van der Waals surface area contributed by atoms with Crippen LogP contribution in [0.25, 0.3) is 0 Å². The van der Waals surface area contributed by atoms with E-state index in [0.29, 0.717) is 25.1 Å². The van der Waals surface area contributed by atoms with E-state index < -0.39 is 23.5 Å². The fraction of sp³-hybridized carbons (Fsp3) is 0.231. The molecule has 1 amide bonds. The number of hydrogen-bond acceptors (Lipinski definition) is 4. The zero-order valence-corrected chi connectivity index (χ0v) is 19.2. The number of aromatic nitrogens is 1. The molecule has 2 aromatic carbocycles. The number of guanidine groups is 1. The molecule has 0 saturated heterocycles. The first-order valence-corrected chi connectivity index (χ1v) is 11.3. The average Bonchev–Trinajstić information content (AvgIpc) is 2.83. The molecule has 0 bridgehead atoms. The molecule has 0 aliphatic carbocycles. The van der Waals surface area contributed by atoms with Gasteiger partial charge in [-0.05, 0) is 36.1 Å². The van der Waals surface area contributed by atoms with Gasteiger partial charge in [0, 0.05) is 24.2 Å². The summed E-state index contributed by atoms with van der Waals surface area (Å²) in [4.78, 5) is 43.7. The van der Waals surface area contributed by atoms with Gasteiger partial charge in [0.25, 0.3) is 11.5 Å². The van der Waals surface area contributed by atoms with Crippen molar-refractivity contribution < 1.29 is 14.7 Å². The van der Waals surface area contributed by atoms with Gasteiger partial charge in [-0.1, -0.05) is 60.7 Å². The van der Waals surface area contributed by atoms with Crippen molar-refractivity contribution in [2.24, 2.45) is 16.5 Å². The summed E-state index contributed by atoms with van der Waals surface area (Å²) in [5, 5.41) is 11.8. The van der Waals surface area contributed by atoms with Crippen LogP contribution >= 0.6 is 0 Å². The number of carboxylic acids is 1. The van der Waals surface area contributed by atoms with E-state index in [1.807, 2.05) is 60.7 Å². The van der Waals surface area contributed by atoms with E-state index in [4.69, 9.17) is 11.5 Å². The summed E-state index contributed by atoms with van der Waals surface area (Å²) in [6, 6.07) is 22.0. The number of rotatable bonds is 11. The van der Waals surface area contributed by atoms with Gasteiger partial charge >= 0.3 is 5.97 Å². The van der Waals surface area contributed by atoms with Crippen LogP contribution in [-0.4, -0.2) is 40.5 Å². The van der Waals surface area contributed by atoms with Crippen LogP contribution in [-0.2, 0) is 4.79 Å². The molecule has 182 valence electrons. The highest BCUT2D eigenvalue weighted by atomic mass is 16.4. The quantitative estimate of drug-likeness (QED) is 0.162. The molecule has 0 spiro atoms. The van der Waals surface area contributed by atoms with Crippen molar-refractivity contribution in [3.8, 4) is 0 Å². The molecule has 0 radical (unpaired) electrons. The van der Waals surface area contributed by atoms with Gasteiger partial charge in [0.1, 0.15) is 5.56 Å².